The van der Waals surface area contributed by atoms with Gasteiger partial charge in [-0.3, -0.25) is 4.79 Å². The van der Waals surface area contributed by atoms with Crippen molar-refractivity contribution in [2.75, 3.05) is 13.7 Å². The molecule has 0 saturated carbocycles. The van der Waals surface area contributed by atoms with E-state index in [4.69, 9.17) is 9.47 Å². The van der Waals surface area contributed by atoms with Gasteiger partial charge in [-0.15, -0.1) is 0 Å². The Morgan fingerprint density at radius 3 is 2.58 bits per heavy atom. The maximum Gasteiger partial charge on any atom is 0.407 e. The molecule has 1 heterocycles. The van der Waals surface area contributed by atoms with Crippen LogP contribution in [0.4, 0.5) is 4.79 Å². The zero-order valence-corrected chi connectivity index (χ0v) is 16.1. The normalized spacial score (nSPS) is 21.5. The molecule has 0 spiro atoms. The van der Waals surface area contributed by atoms with Crippen LogP contribution in [0.25, 0.3) is 0 Å². The van der Waals surface area contributed by atoms with E-state index in [-0.39, 0.29) is 24.0 Å². The molecule has 1 saturated heterocycles. The number of hydrogen-bond acceptors (Lipinski definition) is 5. The summed E-state index contributed by atoms with van der Waals surface area (Å²) in [5, 5.41) is 6.34. The number of piperidine rings is 1. The van der Waals surface area contributed by atoms with E-state index in [0.29, 0.717) is 6.42 Å². The molecule has 1 unspecified atom stereocenters. The largest absolute Gasteiger partial charge is 0.469 e. The smallest absolute Gasteiger partial charge is 0.407 e. The minimum atomic E-state index is -0.562. The van der Waals surface area contributed by atoms with E-state index in [9.17, 15) is 9.59 Å². The zero-order valence-electron chi connectivity index (χ0n) is 16.1. The van der Waals surface area contributed by atoms with E-state index in [0.717, 1.165) is 24.9 Å². The van der Waals surface area contributed by atoms with E-state index in [1.54, 1.807) is 0 Å². The number of benzene rings is 1. The SMILES string of the molecule is COC(=O)C(Cc1ccccc1)[C@@H]1NCCC[C@@H]1NC(=O)OC(C)(C)C. The second-order valence-corrected chi connectivity index (χ2v) is 7.69. The maximum atomic E-state index is 12.5. The molecule has 1 amide bonds. The molecule has 2 rings (SSSR count). The molecule has 2 N–H and O–H groups in total. The first-order valence-electron chi connectivity index (χ1n) is 9.15. The van der Waals surface area contributed by atoms with Crippen molar-refractivity contribution in [2.45, 2.75) is 57.7 Å². The summed E-state index contributed by atoms with van der Waals surface area (Å²) in [6.07, 6.45) is 1.81. The van der Waals surface area contributed by atoms with Gasteiger partial charge < -0.3 is 20.1 Å². The van der Waals surface area contributed by atoms with Gasteiger partial charge in [-0.2, -0.15) is 0 Å². The van der Waals surface area contributed by atoms with Gasteiger partial charge in [0.2, 0.25) is 0 Å². The van der Waals surface area contributed by atoms with E-state index < -0.39 is 11.7 Å². The number of alkyl carbamates (subject to hydrolysis) is 1. The summed E-state index contributed by atoms with van der Waals surface area (Å²) >= 11 is 0. The number of carbonyl (C=O) groups excluding carboxylic acids is 2. The average molecular weight is 362 g/mol. The Balaban J connectivity index is 2.14. The molecule has 0 bridgehead atoms. The lowest BCUT2D eigenvalue weighted by Crippen LogP contribution is -2.59. The van der Waals surface area contributed by atoms with Crippen molar-refractivity contribution in [1.29, 1.82) is 0 Å². The molecular formula is C20H30N2O4. The molecule has 6 nitrogen and oxygen atoms in total. The molecule has 1 aliphatic rings. The quantitative estimate of drug-likeness (QED) is 0.788. The minimum absolute atomic E-state index is 0.189. The number of carbonyl (C=O) groups is 2. The van der Waals surface area contributed by atoms with Crippen molar-refractivity contribution in [3.63, 3.8) is 0 Å². The van der Waals surface area contributed by atoms with Crippen LogP contribution in [-0.2, 0) is 20.7 Å². The molecule has 26 heavy (non-hydrogen) atoms. The summed E-state index contributed by atoms with van der Waals surface area (Å²) in [6, 6.07) is 9.45. The summed E-state index contributed by atoms with van der Waals surface area (Å²) in [4.78, 5) is 24.7. The van der Waals surface area contributed by atoms with Gasteiger partial charge in [0, 0.05) is 12.1 Å². The van der Waals surface area contributed by atoms with E-state index in [2.05, 4.69) is 10.6 Å². The maximum absolute atomic E-state index is 12.5. The second-order valence-electron chi connectivity index (χ2n) is 7.69. The highest BCUT2D eigenvalue weighted by Gasteiger charge is 2.38. The van der Waals surface area contributed by atoms with Gasteiger partial charge in [0.1, 0.15) is 5.60 Å². The van der Waals surface area contributed by atoms with Crippen LogP contribution < -0.4 is 10.6 Å². The fourth-order valence-corrected chi connectivity index (χ4v) is 3.33. The highest BCUT2D eigenvalue weighted by atomic mass is 16.6. The first-order chi connectivity index (χ1) is 12.3. The zero-order chi connectivity index (χ0) is 19.2. The van der Waals surface area contributed by atoms with Gasteiger partial charge in [-0.1, -0.05) is 30.3 Å². The van der Waals surface area contributed by atoms with Crippen LogP contribution in [0.2, 0.25) is 0 Å². The number of nitrogens with one attached hydrogen (secondary N) is 2. The Labute approximate surface area is 155 Å². The lowest BCUT2D eigenvalue weighted by Gasteiger charge is -2.37. The summed E-state index contributed by atoms with van der Waals surface area (Å²) < 4.78 is 10.4. The Kier molecular flexibility index (Phi) is 7.03. The van der Waals surface area contributed by atoms with Crippen molar-refractivity contribution < 1.29 is 19.1 Å². The Hall–Kier alpha value is -2.08. The molecule has 1 aromatic carbocycles. The van der Waals surface area contributed by atoms with Crippen LogP contribution in [0.5, 0.6) is 0 Å². The molecular weight excluding hydrogens is 332 g/mol. The summed E-state index contributed by atoms with van der Waals surface area (Å²) in [6.45, 7) is 6.29. The number of amides is 1. The molecule has 1 aliphatic heterocycles. The molecule has 144 valence electrons. The minimum Gasteiger partial charge on any atom is -0.469 e. The lowest BCUT2D eigenvalue weighted by molar-refractivity contribution is -0.147. The fraction of sp³-hybridized carbons (Fsp3) is 0.600. The van der Waals surface area contributed by atoms with Crippen molar-refractivity contribution in [2.24, 2.45) is 5.92 Å². The average Bonchev–Trinajstić information content (AvgIpc) is 2.59. The van der Waals surface area contributed by atoms with Gasteiger partial charge in [-0.05, 0) is 52.1 Å². The van der Waals surface area contributed by atoms with Gasteiger partial charge in [0.25, 0.3) is 0 Å². The first kappa shape index (κ1) is 20.2. The Morgan fingerprint density at radius 1 is 1.27 bits per heavy atom. The predicted octanol–water partition coefficient (Wildman–Crippen LogP) is 2.66. The van der Waals surface area contributed by atoms with Crippen LogP contribution in [0.15, 0.2) is 30.3 Å². The number of methoxy groups -OCH3 is 1. The van der Waals surface area contributed by atoms with Gasteiger partial charge in [0.15, 0.2) is 0 Å². The van der Waals surface area contributed by atoms with Crippen LogP contribution in [-0.4, -0.2) is 43.4 Å². The second kappa shape index (κ2) is 9.03. The standard InChI is InChI=1S/C20H30N2O4/c1-20(2,3)26-19(24)22-16-11-8-12-21-17(16)15(18(23)25-4)13-14-9-6-5-7-10-14/h5-7,9-10,15-17,21H,8,11-13H2,1-4H3,(H,22,24)/t15?,16-,17-/m0/s1. The summed E-state index contributed by atoms with van der Waals surface area (Å²) in [7, 11) is 1.40. The molecule has 3 atom stereocenters. The van der Waals surface area contributed by atoms with E-state index in [1.165, 1.54) is 7.11 Å². The Bertz CT molecular complexity index is 598. The van der Waals surface area contributed by atoms with Gasteiger partial charge >= 0.3 is 12.1 Å². The van der Waals surface area contributed by atoms with Gasteiger partial charge in [-0.25, -0.2) is 4.79 Å². The number of esters is 1. The van der Waals surface area contributed by atoms with Crippen LogP contribution in [0.3, 0.4) is 0 Å². The van der Waals surface area contributed by atoms with E-state index in [1.807, 2.05) is 51.1 Å². The van der Waals surface area contributed by atoms with Crippen molar-refractivity contribution in [3.8, 4) is 0 Å². The van der Waals surface area contributed by atoms with Crippen LogP contribution in [0, 0.1) is 5.92 Å². The highest BCUT2D eigenvalue weighted by molar-refractivity contribution is 5.74. The molecule has 6 heteroatoms. The van der Waals surface area contributed by atoms with Crippen molar-refractivity contribution in [3.05, 3.63) is 35.9 Å². The third-order valence-corrected chi connectivity index (χ3v) is 4.44. The predicted molar refractivity (Wildman–Crippen MR) is 99.8 cm³/mol. The number of hydrogen-bond donors (Lipinski definition) is 2. The lowest BCUT2D eigenvalue weighted by atomic mass is 9.84. The number of rotatable bonds is 5. The molecule has 1 aromatic rings. The molecule has 1 fully saturated rings. The Morgan fingerprint density at radius 2 is 1.96 bits per heavy atom. The topological polar surface area (TPSA) is 76.7 Å². The van der Waals surface area contributed by atoms with Crippen LogP contribution >= 0.6 is 0 Å². The molecule has 0 aromatic heterocycles. The van der Waals surface area contributed by atoms with Crippen molar-refractivity contribution >= 4 is 12.1 Å². The van der Waals surface area contributed by atoms with Crippen LogP contribution in [0.1, 0.15) is 39.2 Å². The third kappa shape index (κ3) is 6.02. The summed E-state index contributed by atoms with van der Waals surface area (Å²) in [5.74, 6) is -0.660. The van der Waals surface area contributed by atoms with Gasteiger partial charge in [0.05, 0.1) is 13.0 Å². The molecule has 0 aliphatic carbocycles. The monoisotopic (exact) mass is 362 g/mol. The third-order valence-electron chi connectivity index (χ3n) is 4.44. The first-order valence-corrected chi connectivity index (χ1v) is 9.15. The summed E-state index contributed by atoms with van der Waals surface area (Å²) in [5.41, 5.74) is 0.499. The fourth-order valence-electron chi connectivity index (χ4n) is 3.33. The molecule has 0 radical (unpaired) electrons. The number of ether oxygens (including phenoxy) is 2. The van der Waals surface area contributed by atoms with E-state index >= 15 is 0 Å². The highest BCUT2D eigenvalue weighted by Crippen LogP contribution is 2.22. The van der Waals surface area contributed by atoms with Crippen molar-refractivity contribution in [1.82, 2.24) is 10.6 Å².